The van der Waals surface area contributed by atoms with Gasteiger partial charge in [-0.15, -0.1) is 0 Å². The smallest absolute Gasteiger partial charge is 0.0351 e. The molecule has 0 aromatic rings. The lowest BCUT2D eigenvalue weighted by Gasteiger charge is -2.34. The van der Waals surface area contributed by atoms with Crippen molar-refractivity contribution in [1.29, 1.82) is 0 Å². The van der Waals surface area contributed by atoms with Gasteiger partial charge in [0.15, 0.2) is 0 Å². The van der Waals surface area contributed by atoms with Gasteiger partial charge in [-0.25, -0.2) is 0 Å². The molecular weight excluding hydrogens is 174 g/mol. The van der Waals surface area contributed by atoms with Crippen LogP contribution in [-0.4, -0.2) is 54.6 Å². The fourth-order valence-electron chi connectivity index (χ4n) is 2.69. The summed E-state index contributed by atoms with van der Waals surface area (Å²) in [6, 6.07) is 2.16. The van der Waals surface area contributed by atoms with Crippen LogP contribution in [0.1, 0.15) is 26.2 Å². The molecule has 2 atom stereocenters. The highest BCUT2D eigenvalue weighted by Crippen LogP contribution is 2.32. The lowest BCUT2D eigenvalue weighted by molar-refractivity contribution is 0.139. The molecule has 2 N–H and O–H groups in total. The Hall–Kier alpha value is -0.120. The lowest BCUT2D eigenvalue weighted by atomic mass is 10.1. The van der Waals surface area contributed by atoms with Gasteiger partial charge in [0.05, 0.1) is 0 Å². The van der Waals surface area contributed by atoms with Crippen molar-refractivity contribution in [2.75, 3.05) is 26.7 Å². The van der Waals surface area contributed by atoms with Crippen molar-refractivity contribution in [3.63, 3.8) is 0 Å². The number of nitrogens with two attached hydrogens (primary N) is 1. The van der Waals surface area contributed by atoms with E-state index in [2.05, 4.69) is 23.8 Å². The summed E-state index contributed by atoms with van der Waals surface area (Å²) in [5.41, 5.74) is 5.88. The average Bonchev–Trinajstić information content (AvgIpc) is 2.96. The lowest BCUT2D eigenvalue weighted by Crippen LogP contribution is -2.49. The monoisotopic (exact) mass is 197 g/mol. The minimum atomic E-state index is 0.588. The van der Waals surface area contributed by atoms with Gasteiger partial charge in [-0.1, -0.05) is 0 Å². The summed E-state index contributed by atoms with van der Waals surface area (Å²) in [7, 11) is 2.21. The van der Waals surface area contributed by atoms with Crippen LogP contribution in [-0.2, 0) is 0 Å². The maximum Gasteiger partial charge on any atom is 0.0351 e. The standard InChI is InChI=1S/C11H23N3/c1-9-5-6-13(2)8-11(7-12)14(9)10-3-4-10/h9-11H,3-8,12H2,1-2H3. The van der Waals surface area contributed by atoms with Gasteiger partial charge in [-0.3, -0.25) is 4.90 Å². The van der Waals surface area contributed by atoms with E-state index < -0.39 is 0 Å². The molecule has 0 aromatic heterocycles. The highest BCUT2D eigenvalue weighted by molar-refractivity contribution is 4.94. The molecule has 0 bridgehead atoms. The molecule has 1 aliphatic heterocycles. The van der Waals surface area contributed by atoms with Crippen molar-refractivity contribution < 1.29 is 0 Å². The molecular formula is C11H23N3. The normalized spacial score (nSPS) is 37.1. The first-order chi connectivity index (χ1) is 6.72. The summed E-state index contributed by atoms with van der Waals surface area (Å²) < 4.78 is 0. The van der Waals surface area contributed by atoms with Crippen molar-refractivity contribution in [3.05, 3.63) is 0 Å². The van der Waals surface area contributed by atoms with Gasteiger partial charge < -0.3 is 10.6 Å². The molecule has 3 heteroatoms. The van der Waals surface area contributed by atoms with Crippen molar-refractivity contribution >= 4 is 0 Å². The number of hydrogen-bond acceptors (Lipinski definition) is 3. The second-order valence-electron chi connectivity index (χ2n) is 4.97. The van der Waals surface area contributed by atoms with Gasteiger partial charge in [0.1, 0.15) is 0 Å². The summed E-state index contributed by atoms with van der Waals surface area (Å²) in [6.45, 7) is 5.55. The van der Waals surface area contributed by atoms with E-state index in [-0.39, 0.29) is 0 Å². The van der Waals surface area contributed by atoms with Crippen LogP contribution in [0.2, 0.25) is 0 Å². The van der Waals surface area contributed by atoms with Gasteiger partial charge in [-0.05, 0) is 39.8 Å². The van der Waals surface area contributed by atoms with Crippen LogP contribution in [0, 0.1) is 0 Å². The molecule has 1 saturated heterocycles. The number of rotatable bonds is 2. The Balaban J connectivity index is 2.06. The molecule has 2 unspecified atom stereocenters. The first-order valence-electron chi connectivity index (χ1n) is 5.88. The molecule has 82 valence electrons. The zero-order valence-corrected chi connectivity index (χ0v) is 9.45. The summed E-state index contributed by atoms with van der Waals surface area (Å²) in [5, 5.41) is 0. The highest BCUT2D eigenvalue weighted by atomic mass is 15.3. The van der Waals surface area contributed by atoms with E-state index in [1.165, 1.54) is 25.8 Å². The second-order valence-corrected chi connectivity index (χ2v) is 4.97. The van der Waals surface area contributed by atoms with Crippen LogP contribution >= 0.6 is 0 Å². The highest BCUT2D eigenvalue weighted by Gasteiger charge is 2.37. The fraction of sp³-hybridized carbons (Fsp3) is 1.00. The topological polar surface area (TPSA) is 32.5 Å². The van der Waals surface area contributed by atoms with Crippen molar-refractivity contribution in [1.82, 2.24) is 9.80 Å². The Morgan fingerprint density at radius 2 is 2.00 bits per heavy atom. The average molecular weight is 197 g/mol. The van der Waals surface area contributed by atoms with E-state index in [0.29, 0.717) is 6.04 Å². The van der Waals surface area contributed by atoms with E-state index in [4.69, 9.17) is 5.73 Å². The van der Waals surface area contributed by atoms with Crippen LogP contribution in [0.4, 0.5) is 0 Å². The molecule has 14 heavy (non-hydrogen) atoms. The van der Waals surface area contributed by atoms with Crippen LogP contribution in [0.15, 0.2) is 0 Å². The molecule has 2 aliphatic rings. The number of hydrogen-bond donors (Lipinski definition) is 1. The fourth-order valence-corrected chi connectivity index (χ4v) is 2.69. The summed E-state index contributed by atoms with van der Waals surface area (Å²) >= 11 is 0. The second kappa shape index (κ2) is 4.17. The summed E-state index contributed by atoms with van der Waals surface area (Å²) in [4.78, 5) is 5.11. The molecule has 0 spiro atoms. The molecule has 2 fully saturated rings. The van der Waals surface area contributed by atoms with Gasteiger partial charge in [0.25, 0.3) is 0 Å². The van der Waals surface area contributed by atoms with Crippen LogP contribution < -0.4 is 5.73 Å². The van der Waals surface area contributed by atoms with Gasteiger partial charge >= 0.3 is 0 Å². The molecule has 1 aliphatic carbocycles. The predicted molar refractivity (Wildman–Crippen MR) is 59.3 cm³/mol. The quantitative estimate of drug-likeness (QED) is 0.700. The Labute approximate surface area is 87.2 Å². The largest absolute Gasteiger partial charge is 0.329 e. The van der Waals surface area contributed by atoms with E-state index in [0.717, 1.165) is 25.2 Å². The zero-order valence-electron chi connectivity index (χ0n) is 9.45. The minimum absolute atomic E-state index is 0.588. The van der Waals surface area contributed by atoms with E-state index in [1.54, 1.807) is 0 Å². The SMILES string of the molecule is CC1CCN(C)CC(CN)N1C1CC1. The molecule has 0 amide bonds. The molecule has 1 saturated carbocycles. The third-order valence-corrected chi connectivity index (χ3v) is 3.62. The minimum Gasteiger partial charge on any atom is -0.329 e. The third kappa shape index (κ3) is 2.10. The maximum absolute atomic E-state index is 5.88. The van der Waals surface area contributed by atoms with E-state index in [1.807, 2.05) is 0 Å². The van der Waals surface area contributed by atoms with Crippen molar-refractivity contribution in [2.45, 2.75) is 44.3 Å². The van der Waals surface area contributed by atoms with Gasteiger partial charge in [0, 0.05) is 31.2 Å². The molecule has 0 aromatic carbocycles. The zero-order chi connectivity index (χ0) is 10.1. The molecule has 1 heterocycles. The van der Waals surface area contributed by atoms with Gasteiger partial charge in [0.2, 0.25) is 0 Å². The van der Waals surface area contributed by atoms with Gasteiger partial charge in [-0.2, -0.15) is 0 Å². The third-order valence-electron chi connectivity index (χ3n) is 3.62. The van der Waals surface area contributed by atoms with Crippen LogP contribution in [0.25, 0.3) is 0 Å². The molecule has 0 radical (unpaired) electrons. The Kier molecular flexibility index (Phi) is 3.10. The predicted octanol–water partition coefficient (Wildman–Crippen LogP) is 0.502. The Morgan fingerprint density at radius 3 is 2.57 bits per heavy atom. The number of nitrogens with zero attached hydrogens (tertiary/aromatic N) is 2. The number of likely N-dealkylation sites (N-methyl/N-ethyl adjacent to an activating group) is 1. The summed E-state index contributed by atoms with van der Waals surface area (Å²) in [6.07, 6.45) is 4.08. The van der Waals surface area contributed by atoms with Crippen LogP contribution in [0.5, 0.6) is 0 Å². The first kappa shape index (κ1) is 10.4. The van der Waals surface area contributed by atoms with Crippen molar-refractivity contribution in [2.24, 2.45) is 5.73 Å². The Bertz CT molecular complexity index is 191. The molecule has 2 rings (SSSR count). The van der Waals surface area contributed by atoms with Crippen LogP contribution in [0.3, 0.4) is 0 Å². The Morgan fingerprint density at radius 1 is 1.29 bits per heavy atom. The van der Waals surface area contributed by atoms with E-state index >= 15 is 0 Å². The maximum atomic E-state index is 5.88. The first-order valence-corrected chi connectivity index (χ1v) is 5.88. The van der Waals surface area contributed by atoms with Crippen molar-refractivity contribution in [3.8, 4) is 0 Å². The molecule has 3 nitrogen and oxygen atoms in total. The van der Waals surface area contributed by atoms with E-state index in [9.17, 15) is 0 Å². The summed E-state index contributed by atoms with van der Waals surface area (Å²) in [5.74, 6) is 0.